The Morgan fingerprint density at radius 3 is 2.61 bits per heavy atom. The molecule has 0 N–H and O–H groups in total. The zero-order chi connectivity index (χ0) is 12.8. The quantitative estimate of drug-likeness (QED) is 0.737. The van der Waals surface area contributed by atoms with Crippen LogP contribution in [0.2, 0.25) is 0 Å². The van der Waals surface area contributed by atoms with Crippen LogP contribution in [-0.2, 0) is 0 Å². The van der Waals surface area contributed by atoms with Crippen LogP contribution >= 0.6 is 11.5 Å². The number of ether oxygens (including phenoxy) is 1. The second-order valence-electron chi connectivity index (χ2n) is 4.70. The number of benzene rings is 1. The zero-order valence-electron chi connectivity index (χ0n) is 10.8. The molecule has 3 nitrogen and oxygen atoms in total. The fraction of sp³-hybridized carbons (Fsp3) is 0.429. The Hall–Kier alpha value is -1.42. The van der Waals surface area contributed by atoms with Gasteiger partial charge in [-0.1, -0.05) is 18.3 Å². The van der Waals surface area contributed by atoms with E-state index in [1.54, 1.807) is 0 Å². The molecule has 0 saturated carbocycles. The monoisotopic (exact) mass is 262 g/mol. The van der Waals surface area contributed by atoms with Crippen LogP contribution in [-0.4, -0.2) is 16.2 Å². The minimum atomic E-state index is 0.744. The van der Waals surface area contributed by atoms with E-state index in [2.05, 4.69) is 23.4 Å². The number of hydrogen-bond acceptors (Lipinski definition) is 4. The third-order valence-corrected chi connectivity index (χ3v) is 3.21. The van der Waals surface area contributed by atoms with Gasteiger partial charge in [-0.05, 0) is 54.6 Å². The van der Waals surface area contributed by atoms with Crippen molar-refractivity contribution in [2.45, 2.75) is 26.7 Å². The number of aromatic nitrogens is 2. The highest BCUT2D eigenvalue weighted by Crippen LogP contribution is 2.21. The molecule has 2 rings (SSSR count). The van der Waals surface area contributed by atoms with Crippen molar-refractivity contribution >= 4 is 11.5 Å². The van der Waals surface area contributed by atoms with Crippen molar-refractivity contribution in [2.75, 3.05) is 6.61 Å². The highest BCUT2D eigenvalue weighted by molar-refractivity contribution is 7.03. The summed E-state index contributed by atoms with van der Waals surface area (Å²) in [5.74, 6) is 1.67. The first-order valence-corrected chi connectivity index (χ1v) is 7.09. The van der Waals surface area contributed by atoms with Crippen LogP contribution in [0, 0.1) is 5.92 Å². The molecule has 18 heavy (non-hydrogen) atoms. The Morgan fingerprint density at radius 2 is 2.00 bits per heavy atom. The van der Waals surface area contributed by atoms with E-state index in [0.29, 0.717) is 0 Å². The fourth-order valence-electron chi connectivity index (χ4n) is 1.69. The molecule has 0 saturated heterocycles. The summed E-state index contributed by atoms with van der Waals surface area (Å²) in [6.45, 7) is 5.25. The number of rotatable bonds is 6. The van der Waals surface area contributed by atoms with Crippen LogP contribution in [0.5, 0.6) is 5.75 Å². The molecule has 0 fully saturated rings. The van der Waals surface area contributed by atoms with Crippen molar-refractivity contribution in [1.82, 2.24) is 9.59 Å². The Kier molecular flexibility index (Phi) is 4.70. The molecule has 0 unspecified atom stereocenters. The van der Waals surface area contributed by atoms with E-state index in [0.717, 1.165) is 36.0 Å². The van der Waals surface area contributed by atoms with Gasteiger partial charge in [0.25, 0.3) is 0 Å². The molecule has 1 aromatic heterocycles. The van der Waals surface area contributed by atoms with E-state index in [4.69, 9.17) is 4.74 Å². The third kappa shape index (κ3) is 3.81. The van der Waals surface area contributed by atoms with Crippen molar-refractivity contribution in [3.63, 3.8) is 0 Å². The van der Waals surface area contributed by atoms with Crippen molar-refractivity contribution in [3.8, 4) is 17.0 Å². The minimum Gasteiger partial charge on any atom is -0.494 e. The number of nitrogens with zero attached hydrogens (tertiary/aromatic N) is 2. The summed E-state index contributed by atoms with van der Waals surface area (Å²) in [7, 11) is 0. The molecule has 0 aliphatic heterocycles. The molecule has 96 valence electrons. The molecular weight excluding hydrogens is 244 g/mol. The van der Waals surface area contributed by atoms with E-state index in [1.807, 2.05) is 29.6 Å². The van der Waals surface area contributed by atoms with Gasteiger partial charge >= 0.3 is 0 Å². The maximum Gasteiger partial charge on any atom is 0.119 e. The van der Waals surface area contributed by atoms with Crippen LogP contribution in [0.15, 0.2) is 29.6 Å². The molecule has 0 aliphatic carbocycles. The first-order valence-electron chi connectivity index (χ1n) is 6.26. The smallest absolute Gasteiger partial charge is 0.119 e. The van der Waals surface area contributed by atoms with Crippen LogP contribution in [0.3, 0.4) is 0 Å². The van der Waals surface area contributed by atoms with Gasteiger partial charge in [0.15, 0.2) is 0 Å². The van der Waals surface area contributed by atoms with Gasteiger partial charge in [-0.15, -0.1) is 5.10 Å². The first-order chi connectivity index (χ1) is 8.75. The largest absolute Gasteiger partial charge is 0.494 e. The van der Waals surface area contributed by atoms with E-state index < -0.39 is 0 Å². The maximum absolute atomic E-state index is 5.70. The molecule has 0 bridgehead atoms. The molecule has 0 radical (unpaired) electrons. The Bertz CT molecular complexity index is 451. The lowest BCUT2D eigenvalue weighted by molar-refractivity contribution is 0.298. The van der Waals surface area contributed by atoms with E-state index in [-0.39, 0.29) is 0 Å². The zero-order valence-corrected chi connectivity index (χ0v) is 11.6. The van der Waals surface area contributed by atoms with E-state index in [1.165, 1.54) is 18.0 Å². The van der Waals surface area contributed by atoms with Crippen molar-refractivity contribution in [2.24, 2.45) is 5.92 Å². The lowest BCUT2D eigenvalue weighted by Crippen LogP contribution is -1.99. The Labute approximate surface area is 112 Å². The summed E-state index contributed by atoms with van der Waals surface area (Å²) < 4.78 is 9.55. The molecule has 0 spiro atoms. The average Bonchev–Trinajstić information content (AvgIpc) is 2.89. The van der Waals surface area contributed by atoms with Gasteiger partial charge in [0.2, 0.25) is 0 Å². The molecular formula is C14H18N2OS. The van der Waals surface area contributed by atoms with Crippen molar-refractivity contribution < 1.29 is 4.74 Å². The predicted octanol–water partition coefficient (Wildman–Crippen LogP) is 4.02. The van der Waals surface area contributed by atoms with Crippen LogP contribution in [0.1, 0.15) is 26.7 Å². The second kappa shape index (κ2) is 6.50. The summed E-state index contributed by atoms with van der Waals surface area (Å²) in [4.78, 5) is 0. The van der Waals surface area contributed by atoms with Gasteiger partial charge in [0.05, 0.1) is 6.61 Å². The molecule has 4 heteroatoms. The standard InChI is InChI=1S/C14H18N2OS/c1-11(2)4-3-9-17-13-7-5-12(6-8-13)14-10-18-16-15-14/h5-8,10-11H,3-4,9H2,1-2H3. The topological polar surface area (TPSA) is 35.0 Å². The summed E-state index contributed by atoms with van der Waals surface area (Å²) >= 11 is 1.37. The molecule has 0 atom stereocenters. The normalized spacial score (nSPS) is 10.8. The van der Waals surface area contributed by atoms with Gasteiger partial charge in [-0.3, -0.25) is 0 Å². The Balaban J connectivity index is 1.84. The summed E-state index contributed by atoms with van der Waals surface area (Å²) in [5.41, 5.74) is 2.00. The first kappa shape index (κ1) is 13.0. The second-order valence-corrected chi connectivity index (χ2v) is 5.31. The highest BCUT2D eigenvalue weighted by atomic mass is 32.1. The van der Waals surface area contributed by atoms with Crippen LogP contribution < -0.4 is 4.74 Å². The molecule has 0 aliphatic rings. The van der Waals surface area contributed by atoms with E-state index in [9.17, 15) is 0 Å². The van der Waals surface area contributed by atoms with Gasteiger partial charge in [-0.25, -0.2) is 0 Å². The summed E-state index contributed by atoms with van der Waals surface area (Å²) in [6, 6.07) is 8.02. The lowest BCUT2D eigenvalue weighted by Gasteiger charge is -2.07. The predicted molar refractivity (Wildman–Crippen MR) is 74.9 cm³/mol. The molecule has 2 aromatic rings. The van der Waals surface area contributed by atoms with Crippen LogP contribution in [0.4, 0.5) is 0 Å². The van der Waals surface area contributed by atoms with E-state index >= 15 is 0 Å². The SMILES string of the molecule is CC(C)CCCOc1ccc(-c2csnn2)cc1. The lowest BCUT2D eigenvalue weighted by atomic mass is 10.1. The van der Waals surface area contributed by atoms with Crippen molar-refractivity contribution in [1.29, 1.82) is 0 Å². The van der Waals surface area contributed by atoms with Gasteiger partial charge < -0.3 is 4.74 Å². The molecule has 0 amide bonds. The minimum absolute atomic E-state index is 0.744. The summed E-state index contributed by atoms with van der Waals surface area (Å²) in [6.07, 6.45) is 2.32. The number of hydrogen-bond donors (Lipinski definition) is 0. The highest BCUT2D eigenvalue weighted by Gasteiger charge is 2.01. The van der Waals surface area contributed by atoms with Crippen LogP contribution in [0.25, 0.3) is 11.3 Å². The van der Waals surface area contributed by atoms with Gasteiger partial charge in [0.1, 0.15) is 11.4 Å². The third-order valence-electron chi connectivity index (χ3n) is 2.70. The average molecular weight is 262 g/mol. The molecule has 1 heterocycles. The van der Waals surface area contributed by atoms with Gasteiger partial charge in [-0.2, -0.15) is 0 Å². The Morgan fingerprint density at radius 1 is 1.22 bits per heavy atom. The fourth-order valence-corrected chi connectivity index (χ4v) is 2.16. The summed E-state index contributed by atoms with van der Waals surface area (Å²) in [5, 5.41) is 5.98. The molecule has 1 aromatic carbocycles. The van der Waals surface area contributed by atoms with Gasteiger partial charge in [0, 0.05) is 10.9 Å². The van der Waals surface area contributed by atoms with Crippen molar-refractivity contribution in [3.05, 3.63) is 29.6 Å². The maximum atomic E-state index is 5.70.